The van der Waals surface area contributed by atoms with Gasteiger partial charge in [0.15, 0.2) is 0 Å². The van der Waals surface area contributed by atoms with Crippen LogP contribution in [-0.4, -0.2) is 41.2 Å². The molecule has 0 bridgehead atoms. The van der Waals surface area contributed by atoms with E-state index in [0.29, 0.717) is 24.6 Å². The fourth-order valence-corrected chi connectivity index (χ4v) is 2.98. The van der Waals surface area contributed by atoms with E-state index >= 15 is 0 Å². The number of tetrazole rings is 1. The van der Waals surface area contributed by atoms with E-state index in [1.807, 2.05) is 45.0 Å². The molecule has 31 heavy (non-hydrogen) atoms. The third-order valence-corrected chi connectivity index (χ3v) is 4.72. The molecule has 0 spiro atoms. The number of rotatable bonds is 8. The van der Waals surface area contributed by atoms with Crippen molar-refractivity contribution in [2.24, 2.45) is 17.3 Å². The highest BCUT2D eigenvalue weighted by Gasteiger charge is 2.14. The summed E-state index contributed by atoms with van der Waals surface area (Å²) in [6.45, 7) is 10.3. The molecular weight excluding hydrogens is 396 g/mol. The summed E-state index contributed by atoms with van der Waals surface area (Å²) in [5.74, 6) is 0.481. The molecule has 0 aliphatic carbocycles. The lowest BCUT2D eigenvalue weighted by atomic mass is 10.1. The standard InChI is InChI=1S/C21H26N8O2/c1-6-13-28-18(11-12-22-28)16(4)23-24-20(7-2)31-14-17-15(3)9-8-10-19(17)29-21(30)27(5)25-26-29/h6,8-12H,1,7,13-14H2,2-5H3. The molecule has 10 nitrogen and oxygen atoms in total. The third-order valence-electron chi connectivity index (χ3n) is 4.72. The SMILES string of the molecule is C=CCn1nccc1C(C)=NN=C(CC)OCc1c(C)cccc1-n1nnn(C)c1=O. The Morgan fingerprint density at radius 1 is 1.26 bits per heavy atom. The Bertz CT molecular complexity index is 1180. The van der Waals surface area contributed by atoms with Gasteiger partial charge in [-0.05, 0) is 42.0 Å². The Morgan fingerprint density at radius 3 is 2.74 bits per heavy atom. The lowest BCUT2D eigenvalue weighted by molar-refractivity contribution is 0.282. The third kappa shape index (κ3) is 4.85. The zero-order valence-corrected chi connectivity index (χ0v) is 18.2. The van der Waals surface area contributed by atoms with Gasteiger partial charge in [-0.1, -0.05) is 25.1 Å². The van der Waals surface area contributed by atoms with Gasteiger partial charge in [-0.2, -0.15) is 19.6 Å². The highest BCUT2D eigenvalue weighted by molar-refractivity contribution is 5.97. The maximum absolute atomic E-state index is 12.3. The highest BCUT2D eigenvalue weighted by atomic mass is 16.5. The lowest BCUT2D eigenvalue weighted by Crippen LogP contribution is -2.23. The smallest absolute Gasteiger partial charge is 0.368 e. The first kappa shape index (κ1) is 21.9. The monoisotopic (exact) mass is 422 g/mol. The van der Waals surface area contributed by atoms with Crippen LogP contribution >= 0.6 is 0 Å². The summed E-state index contributed by atoms with van der Waals surface area (Å²) < 4.78 is 10.2. The Kier molecular flexibility index (Phi) is 6.91. The second-order valence-electron chi connectivity index (χ2n) is 6.88. The molecule has 0 aliphatic heterocycles. The van der Waals surface area contributed by atoms with Gasteiger partial charge in [-0.25, -0.2) is 4.79 Å². The largest absolute Gasteiger partial charge is 0.475 e. The first-order valence-corrected chi connectivity index (χ1v) is 9.91. The Hall–Kier alpha value is -3.82. The number of nitrogens with zero attached hydrogens (tertiary/aromatic N) is 8. The van der Waals surface area contributed by atoms with E-state index < -0.39 is 0 Å². The Morgan fingerprint density at radius 2 is 2.06 bits per heavy atom. The first-order chi connectivity index (χ1) is 15.0. The van der Waals surface area contributed by atoms with Crippen molar-refractivity contribution in [1.82, 2.24) is 29.6 Å². The van der Waals surface area contributed by atoms with E-state index in [-0.39, 0.29) is 12.3 Å². The van der Waals surface area contributed by atoms with Crippen LogP contribution < -0.4 is 5.69 Å². The van der Waals surface area contributed by atoms with Crippen LogP contribution in [0.3, 0.4) is 0 Å². The van der Waals surface area contributed by atoms with Crippen LogP contribution in [0.25, 0.3) is 5.69 Å². The first-order valence-electron chi connectivity index (χ1n) is 9.91. The van der Waals surface area contributed by atoms with Crippen LogP contribution in [0.5, 0.6) is 0 Å². The molecule has 0 radical (unpaired) electrons. The van der Waals surface area contributed by atoms with Crippen molar-refractivity contribution >= 4 is 11.6 Å². The summed E-state index contributed by atoms with van der Waals surface area (Å²) in [4.78, 5) is 12.3. The molecule has 0 unspecified atom stereocenters. The zero-order valence-electron chi connectivity index (χ0n) is 18.2. The van der Waals surface area contributed by atoms with Crippen LogP contribution in [0.4, 0.5) is 0 Å². The van der Waals surface area contributed by atoms with Gasteiger partial charge in [0, 0.05) is 25.2 Å². The number of allylic oxidation sites excluding steroid dienone is 1. The van der Waals surface area contributed by atoms with Crippen molar-refractivity contribution in [2.45, 2.75) is 40.3 Å². The number of hydrogen-bond donors (Lipinski definition) is 0. The molecule has 0 aliphatic rings. The number of aryl methyl sites for hydroxylation is 2. The van der Waals surface area contributed by atoms with E-state index in [1.165, 1.54) is 9.36 Å². The molecule has 3 rings (SSSR count). The van der Waals surface area contributed by atoms with Gasteiger partial charge >= 0.3 is 5.69 Å². The van der Waals surface area contributed by atoms with Crippen molar-refractivity contribution in [3.63, 3.8) is 0 Å². The van der Waals surface area contributed by atoms with Gasteiger partial charge < -0.3 is 4.74 Å². The molecule has 162 valence electrons. The van der Waals surface area contributed by atoms with Gasteiger partial charge in [-0.3, -0.25) is 4.68 Å². The predicted octanol–water partition coefficient (Wildman–Crippen LogP) is 2.41. The molecule has 0 saturated heterocycles. The van der Waals surface area contributed by atoms with Gasteiger partial charge in [0.2, 0.25) is 5.90 Å². The molecule has 0 saturated carbocycles. The molecule has 0 N–H and O–H groups in total. The summed E-state index contributed by atoms with van der Waals surface area (Å²) in [7, 11) is 1.56. The molecule has 2 aromatic heterocycles. The minimum atomic E-state index is -0.326. The average molecular weight is 422 g/mol. The van der Waals surface area contributed by atoms with Crippen LogP contribution in [0, 0.1) is 6.92 Å². The fraction of sp³-hybridized carbons (Fsp3) is 0.333. The van der Waals surface area contributed by atoms with Gasteiger partial charge in [0.25, 0.3) is 0 Å². The van der Waals surface area contributed by atoms with Crippen molar-refractivity contribution in [3.8, 4) is 5.69 Å². The fourth-order valence-electron chi connectivity index (χ4n) is 2.98. The molecule has 1 aromatic carbocycles. The number of hydrogen-bond acceptors (Lipinski definition) is 7. The maximum atomic E-state index is 12.3. The minimum Gasteiger partial charge on any atom is -0.475 e. The van der Waals surface area contributed by atoms with Crippen molar-refractivity contribution in [1.29, 1.82) is 0 Å². The second kappa shape index (κ2) is 9.79. The average Bonchev–Trinajstić information content (AvgIpc) is 3.36. The minimum absolute atomic E-state index is 0.223. The Balaban J connectivity index is 1.83. The quantitative estimate of drug-likeness (QED) is 0.240. The number of aromatic nitrogens is 6. The number of benzene rings is 1. The van der Waals surface area contributed by atoms with Crippen molar-refractivity contribution in [2.75, 3.05) is 0 Å². The summed E-state index contributed by atoms with van der Waals surface area (Å²) in [6, 6.07) is 7.51. The van der Waals surface area contributed by atoms with E-state index in [4.69, 9.17) is 4.74 Å². The summed E-state index contributed by atoms with van der Waals surface area (Å²) in [5, 5.41) is 20.6. The molecule has 0 amide bonds. The Labute approximate surface area is 180 Å². The van der Waals surface area contributed by atoms with Crippen LogP contribution in [-0.2, 0) is 24.9 Å². The van der Waals surface area contributed by atoms with Crippen LogP contribution in [0.2, 0.25) is 0 Å². The predicted molar refractivity (Wildman–Crippen MR) is 118 cm³/mol. The van der Waals surface area contributed by atoms with Crippen LogP contribution in [0.15, 0.2) is 58.1 Å². The summed E-state index contributed by atoms with van der Waals surface area (Å²) in [6.07, 6.45) is 4.05. The van der Waals surface area contributed by atoms with E-state index in [1.54, 1.807) is 24.0 Å². The van der Waals surface area contributed by atoms with Gasteiger partial charge in [-0.15, -0.1) is 11.7 Å². The highest BCUT2D eigenvalue weighted by Crippen LogP contribution is 2.18. The normalized spacial score (nSPS) is 12.3. The molecule has 3 aromatic rings. The topological polar surface area (TPSA) is 104 Å². The van der Waals surface area contributed by atoms with Gasteiger partial charge in [0.1, 0.15) is 6.61 Å². The molecular formula is C21H26N8O2. The summed E-state index contributed by atoms with van der Waals surface area (Å²) in [5.41, 5.74) is 3.68. The second-order valence-corrected chi connectivity index (χ2v) is 6.88. The number of ether oxygens (including phenoxy) is 1. The van der Waals surface area contributed by atoms with Crippen molar-refractivity contribution in [3.05, 3.63) is 70.4 Å². The zero-order chi connectivity index (χ0) is 22.4. The van der Waals surface area contributed by atoms with E-state index in [9.17, 15) is 4.79 Å². The van der Waals surface area contributed by atoms with Gasteiger partial charge in [0.05, 0.1) is 23.6 Å². The maximum Gasteiger partial charge on any atom is 0.368 e. The van der Waals surface area contributed by atoms with E-state index in [0.717, 1.165) is 22.5 Å². The molecule has 10 heteroatoms. The molecule has 2 heterocycles. The molecule has 0 atom stereocenters. The van der Waals surface area contributed by atoms with Crippen molar-refractivity contribution < 1.29 is 4.74 Å². The molecule has 0 fully saturated rings. The lowest BCUT2D eigenvalue weighted by Gasteiger charge is -2.13. The van der Waals surface area contributed by atoms with E-state index in [2.05, 4.69) is 32.3 Å². The summed E-state index contributed by atoms with van der Waals surface area (Å²) >= 11 is 0. The van der Waals surface area contributed by atoms with Crippen LogP contribution in [0.1, 0.15) is 37.1 Å².